The van der Waals surface area contributed by atoms with E-state index in [-0.39, 0.29) is 23.8 Å². The molecule has 0 aromatic carbocycles. The van der Waals surface area contributed by atoms with E-state index in [9.17, 15) is 0 Å². The second-order valence-corrected chi connectivity index (χ2v) is 5.99. The van der Waals surface area contributed by atoms with Crippen molar-refractivity contribution < 1.29 is 14.2 Å². The van der Waals surface area contributed by atoms with E-state index in [1.54, 1.807) is 0 Å². The van der Waals surface area contributed by atoms with Gasteiger partial charge in [-0.05, 0) is 41.0 Å². The first-order valence-corrected chi connectivity index (χ1v) is 7.07. The topological polar surface area (TPSA) is 79.7 Å². The Morgan fingerprint density at radius 1 is 0.947 bits per heavy atom. The van der Waals surface area contributed by atoms with Gasteiger partial charge in [-0.1, -0.05) is 0 Å². The van der Waals surface area contributed by atoms with E-state index < -0.39 is 0 Å². The van der Waals surface area contributed by atoms with Crippen molar-refractivity contribution in [3.05, 3.63) is 0 Å². The molecule has 5 heteroatoms. The third-order valence-electron chi connectivity index (χ3n) is 2.58. The van der Waals surface area contributed by atoms with Crippen molar-refractivity contribution >= 4 is 0 Å². The van der Waals surface area contributed by atoms with E-state index in [2.05, 4.69) is 13.8 Å². The van der Waals surface area contributed by atoms with Gasteiger partial charge in [0, 0.05) is 18.7 Å². The van der Waals surface area contributed by atoms with Gasteiger partial charge in [0.2, 0.25) is 0 Å². The summed E-state index contributed by atoms with van der Waals surface area (Å²) in [6.07, 6.45) is 0.903. The van der Waals surface area contributed by atoms with E-state index in [1.165, 1.54) is 0 Å². The summed E-state index contributed by atoms with van der Waals surface area (Å²) in [4.78, 5) is 0. The molecule has 0 saturated carbocycles. The maximum absolute atomic E-state index is 5.73. The average Bonchev–Trinajstić information content (AvgIpc) is 2.26. The molecule has 0 fully saturated rings. The third kappa shape index (κ3) is 12.6. The van der Waals surface area contributed by atoms with Gasteiger partial charge in [-0.2, -0.15) is 0 Å². The Morgan fingerprint density at radius 3 is 2.05 bits per heavy atom. The minimum atomic E-state index is -0.208. The van der Waals surface area contributed by atoms with Crippen LogP contribution in [-0.2, 0) is 14.2 Å². The zero-order valence-electron chi connectivity index (χ0n) is 13.1. The molecule has 19 heavy (non-hydrogen) atoms. The van der Waals surface area contributed by atoms with Crippen LogP contribution >= 0.6 is 0 Å². The summed E-state index contributed by atoms with van der Waals surface area (Å²) < 4.78 is 16.8. The fraction of sp³-hybridized carbons (Fsp3) is 1.00. The minimum absolute atomic E-state index is 0.0609. The molecule has 0 aromatic rings. The molecular formula is C14H32N2O3. The van der Waals surface area contributed by atoms with E-state index >= 15 is 0 Å². The highest BCUT2D eigenvalue weighted by molar-refractivity contribution is 4.69. The minimum Gasteiger partial charge on any atom is -0.377 e. The quantitative estimate of drug-likeness (QED) is 0.594. The smallest absolute Gasteiger partial charge is 0.0780 e. The van der Waals surface area contributed by atoms with E-state index in [0.29, 0.717) is 26.4 Å². The standard InChI is InChI=1S/C14H32N2O3/c1-11(15)8-17-10-13(3)18-7-6-14(4,5)19-9-12(2)16/h11-13H,6-10,15-16H2,1-5H3. The largest absolute Gasteiger partial charge is 0.377 e. The van der Waals surface area contributed by atoms with Gasteiger partial charge in [-0.3, -0.25) is 0 Å². The second-order valence-electron chi connectivity index (χ2n) is 5.99. The van der Waals surface area contributed by atoms with Gasteiger partial charge in [0.05, 0.1) is 31.5 Å². The molecule has 0 amide bonds. The van der Waals surface area contributed by atoms with E-state index in [4.69, 9.17) is 25.7 Å². The molecular weight excluding hydrogens is 244 g/mol. The highest BCUT2D eigenvalue weighted by atomic mass is 16.5. The number of hydrogen-bond donors (Lipinski definition) is 2. The highest BCUT2D eigenvalue weighted by Gasteiger charge is 2.19. The van der Waals surface area contributed by atoms with Crippen molar-refractivity contribution in [2.75, 3.05) is 26.4 Å². The van der Waals surface area contributed by atoms with Crippen LogP contribution in [0, 0.1) is 0 Å². The number of hydrogen-bond acceptors (Lipinski definition) is 5. The van der Waals surface area contributed by atoms with Crippen LogP contribution in [0.4, 0.5) is 0 Å². The zero-order valence-corrected chi connectivity index (χ0v) is 13.1. The molecule has 0 radical (unpaired) electrons. The molecule has 116 valence electrons. The van der Waals surface area contributed by atoms with Gasteiger partial charge >= 0.3 is 0 Å². The predicted octanol–water partition coefficient (Wildman–Crippen LogP) is 1.29. The highest BCUT2D eigenvalue weighted by Crippen LogP contribution is 2.15. The molecule has 0 heterocycles. The van der Waals surface area contributed by atoms with Crippen molar-refractivity contribution in [2.24, 2.45) is 11.5 Å². The Kier molecular flexibility index (Phi) is 9.56. The predicted molar refractivity (Wildman–Crippen MR) is 78.2 cm³/mol. The van der Waals surface area contributed by atoms with Crippen LogP contribution in [0.3, 0.4) is 0 Å². The zero-order chi connectivity index (χ0) is 14.9. The van der Waals surface area contributed by atoms with Crippen LogP contribution in [0.1, 0.15) is 41.0 Å². The van der Waals surface area contributed by atoms with Crippen molar-refractivity contribution in [3.63, 3.8) is 0 Å². The first-order valence-electron chi connectivity index (χ1n) is 7.07. The summed E-state index contributed by atoms with van der Waals surface area (Å²) in [6.45, 7) is 12.3. The van der Waals surface area contributed by atoms with Gasteiger partial charge in [0.15, 0.2) is 0 Å². The van der Waals surface area contributed by atoms with Gasteiger partial charge in [-0.15, -0.1) is 0 Å². The first kappa shape index (κ1) is 18.8. The average molecular weight is 276 g/mol. The Morgan fingerprint density at radius 2 is 1.53 bits per heavy atom. The normalized spacial score (nSPS) is 17.2. The molecule has 0 bridgehead atoms. The Balaban J connectivity index is 3.64. The lowest BCUT2D eigenvalue weighted by atomic mass is 10.1. The number of rotatable bonds is 11. The lowest BCUT2D eigenvalue weighted by molar-refractivity contribution is -0.0635. The molecule has 0 aromatic heterocycles. The van der Waals surface area contributed by atoms with Crippen molar-refractivity contribution in [3.8, 4) is 0 Å². The second kappa shape index (κ2) is 9.66. The molecule has 0 rings (SSSR count). The Labute approximate surface area is 118 Å². The van der Waals surface area contributed by atoms with Gasteiger partial charge in [0.1, 0.15) is 0 Å². The van der Waals surface area contributed by atoms with Gasteiger partial charge < -0.3 is 25.7 Å². The number of nitrogens with two attached hydrogens (primary N) is 2. The molecule has 0 aliphatic heterocycles. The maximum atomic E-state index is 5.73. The van der Waals surface area contributed by atoms with Crippen molar-refractivity contribution in [1.29, 1.82) is 0 Å². The van der Waals surface area contributed by atoms with Crippen LogP contribution < -0.4 is 11.5 Å². The summed E-state index contributed by atoms with van der Waals surface area (Å²) >= 11 is 0. The molecule has 3 atom stereocenters. The summed E-state index contributed by atoms with van der Waals surface area (Å²) in [5, 5.41) is 0. The van der Waals surface area contributed by atoms with Crippen molar-refractivity contribution in [1.82, 2.24) is 0 Å². The summed E-state index contributed by atoms with van der Waals surface area (Å²) in [6, 6.07) is 0.128. The summed E-state index contributed by atoms with van der Waals surface area (Å²) in [5.41, 5.74) is 11.1. The fourth-order valence-corrected chi connectivity index (χ4v) is 1.40. The van der Waals surface area contributed by atoms with Gasteiger partial charge in [-0.25, -0.2) is 0 Å². The Bertz CT molecular complexity index is 221. The molecule has 0 saturated heterocycles. The third-order valence-corrected chi connectivity index (χ3v) is 2.58. The van der Waals surface area contributed by atoms with E-state index in [0.717, 1.165) is 6.42 Å². The molecule has 3 unspecified atom stereocenters. The van der Waals surface area contributed by atoms with Crippen molar-refractivity contribution in [2.45, 2.75) is 64.8 Å². The first-order chi connectivity index (χ1) is 8.73. The fourth-order valence-electron chi connectivity index (χ4n) is 1.40. The Hall–Kier alpha value is -0.200. The molecule has 0 aliphatic carbocycles. The van der Waals surface area contributed by atoms with Crippen LogP contribution in [-0.4, -0.2) is 50.2 Å². The lowest BCUT2D eigenvalue weighted by Gasteiger charge is -2.27. The van der Waals surface area contributed by atoms with E-state index in [1.807, 2.05) is 20.8 Å². The summed E-state index contributed by atoms with van der Waals surface area (Å²) in [5.74, 6) is 0. The SMILES string of the molecule is CC(N)COCC(C)OCCC(C)(C)OCC(C)N. The lowest BCUT2D eigenvalue weighted by Crippen LogP contribution is -2.33. The van der Waals surface area contributed by atoms with Crippen LogP contribution in [0.5, 0.6) is 0 Å². The van der Waals surface area contributed by atoms with Crippen LogP contribution in [0.2, 0.25) is 0 Å². The molecule has 0 spiro atoms. The van der Waals surface area contributed by atoms with Gasteiger partial charge in [0.25, 0.3) is 0 Å². The maximum Gasteiger partial charge on any atom is 0.0780 e. The molecule has 4 N–H and O–H groups in total. The summed E-state index contributed by atoms with van der Waals surface area (Å²) in [7, 11) is 0. The molecule has 0 aliphatic rings. The monoisotopic (exact) mass is 276 g/mol. The number of ether oxygens (including phenoxy) is 3. The van der Waals surface area contributed by atoms with Crippen LogP contribution in [0.15, 0.2) is 0 Å². The van der Waals surface area contributed by atoms with Crippen LogP contribution in [0.25, 0.3) is 0 Å². The molecule has 5 nitrogen and oxygen atoms in total.